The number of Topliss-reactive ketones (excluding diaryl/α,β-unsaturated/α-hetero) is 1. The number of aliphatic hydroxyl groups excluding tert-OH is 1. The van der Waals surface area contributed by atoms with Gasteiger partial charge in [0, 0.05) is 11.3 Å². The molecule has 1 atom stereocenters. The second-order valence-electron chi connectivity index (χ2n) is 9.24. The van der Waals surface area contributed by atoms with Crippen LogP contribution in [0.4, 0.5) is 10.1 Å². The number of aliphatic hydroxyl groups is 1. The number of halogens is 1. The maximum Gasteiger partial charge on any atom is 0.300 e. The van der Waals surface area contributed by atoms with Crippen LogP contribution in [0.25, 0.3) is 5.76 Å². The number of nitrogens with zero attached hydrogens (tertiary/aromatic N) is 1. The van der Waals surface area contributed by atoms with Gasteiger partial charge in [-0.3, -0.25) is 14.5 Å². The number of carbonyl (C=O) groups is 2. The van der Waals surface area contributed by atoms with Crippen molar-refractivity contribution < 1.29 is 23.8 Å². The lowest BCUT2D eigenvalue weighted by atomic mass is 9.94. The first-order valence-electron chi connectivity index (χ1n) is 11.5. The topological polar surface area (TPSA) is 66.8 Å². The summed E-state index contributed by atoms with van der Waals surface area (Å²) in [5.74, 6) is -1.24. The smallest absolute Gasteiger partial charge is 0.300 e. The van der Waals surface area contributed by atoms with Gasteiger partial charge in [0.05, 0.1) is 18.2 Å². The van der Waals surface area contributed by atoms with Gasteiger partial charge in [-0.1, -0.05) is 43.7 Å². The lowest BCUT2D eigenvalue weighted by Gasteiger charge is -2.25. The zero-order valence-electron chi connectivity index (χ0n) is 20.2. The summed E-state index contributed by atoms with van der Waals surface area (Å²) in [5.41, 5.74) is 3.18. The van der Waals surface area contributed by atoms with E-state index in [1.54, 1.807) is 24.3 Å². The highest BCUT2D eigenvalue weighted by Crippen LogP contribution is 2.42. The molecule has 3 aromatic carbocycles. The van der Waals surface area contributed by atoms with Crippen molar-refractivity contribution >= 4 is 23.1 Å². The molecule has 1 aliphatic heterocycles. The van der Waals surface area contributed by atoms with Gasteiger partial charge in [-0.25, -0.2) is 4.39 Å². The molecule has 1 amide bonds. The van der Waals surface area contributed by atoms with Crippen molar-refractivity contribution in [2.75, 3.05) is 11.5 Å². The van der Waals surface area contributed by atoms with Crippen LogP contribution in [0.15, 0.2) is 72.3 Å². The molecule has 6 heteroatoms. The number of ether oxygens (including phenoxy) is 1. The van der Waals surface area contributed by atoms with Gasteiger partial charge >= 0.3 is 0 Å². The number of hydrogen-bond donors (Lipinski definition) is 1. The highest BCUT2D eigenvalue weighted by atomic mass is 19.1. The van der Waals surface area contributed by atoms with Crippen molar-refractivity contribution in [1.82, 2.24) is 0 Å². The Bertz CT molecular complexity index is 1310. The summed E-state index contributed by atoms with van der Waals surface area (Å²) in [4.78, 5) is 27.8. The fourth-order valence-corrected chi connectivity index (χ4v) is 4.23. The lowest BCUT2D eigenvalue weighted by Crippen LogP contribution is -2.29. The fraction of sp³-hybridized carbons (Fsp3) is 0.241. The normalized spacial score (nSPS) is 17.3. The number of benzene rings is 3. The summed E-state index contributed by atoms with van der Waals surface area (Å²) in [6, 6.07) is 17.1. The zero-order chi connectivity index (χ0) is 25.3. The molecule has 0 bridgehead atoms. The van der Waals surface area contributed by atoms with Crippen LogP contribution >= 0.6 is 0 Å². The SMILES string of the molecule is Cc1cccc(C2/C(=C(/O)c3ccc(OCC(C)C)c(C)c3)C(=O)C(=O)N2c2ccc(F)cc2)c1. The number of ketones is 1. The summed E-state index contributed by atoms with van der Waals surface area (Å²) in [5, 5.41) is 11.3. The van der Waals surface area contributed by atoms with Crippen molar-refractivity contribution in [2.45, 2.75) is 33.7 Å². The van der Waals surface area contributed by atoms with Crippen LogP contribution in [-0.4, -0.2) is 23.4 Å². The maximum absolute atomic E-state index is 13.6. The Morgan fingerprint density at radius 1 is 1.03 bits per heavy atom. The summed E-state index contributed by atoms with van der Waals surface area (Å²) < 4.78 is 19.4. The van der Waals surface area contributed by atoms with Crippen LogP contribution in [0.3, 0.4) is 0 Å². The Morgan fingerprint density at radius 3 is 2.37 bits per heavy atom. The quantitative estimate of drug-likeness (QED) is 0.267. The molecule has 0 radical (unpaired) electrons. The number of anilines is 1. The third kappa shape index (κ3) is 4.83. The molecule has 1 fully saturated rings. The molecule has 5 nitrogen and oxygen atoms in total. The third-order valence-corrected chi connectivity index (χ3v) is 5.93. The van der Waals surface area contributed by atoms with Gasteiger partial charge in [0.1, 0.15) is 17.3 Å². The van der Waals surface area contributed by atoms with E-state index in [1.807, 2.05) is 32.0 Å². The van der Waals surface area contributed by atoms with Gasteiger partial charge in [-0.05, 0) is 73.4 Å². The van der Waals surface area contributed by atoms with E-state index < -0.39 is 23.5 Å². The molecule has 0 aliphatic carbocycles. The fourth-order valence-electron chi connectivity index (χ4n) is 4.23. The van der Waals surface area contributed by atoms with Crippen molar-refractivity contribution in [1.29, 1.82) is 0 Å². The van der Waals surface area contributed by atoms with E-state index >= 15 is 0 Å². The molecule has 1 N–H and O–H groups in total. The Balaban J connectivity index is 1.85. The minimum atomic E-state index is -0.863. The first kappa shape index (κ1) is 24.2. The molecule has 0 spiro atoms. The monoisotopic (exact) mass is 473 g/mol. The summed E-state index contributed by atoms with van der Waals surface area (Å²) in [6.45, 7) is 8.44. The molecular formula is C29H28FNO4. The molecule has 0 aromatic heterocycles. The average molecular weight is 474 g/mol. The van der Waals surface area contributed by atoms with Gasteiger partial charge in [0.25, 0.3) is 11.7 Å². The van der Waals surface area contributed by atoms with Crippen molar-refractivity contribution in [3.05, 3.63) is 100 Å². The van der Waals surface area contributed by atoms with E-state index in [0.29, 0.717) is 35.1 Å². The second kappa shape index (κ2) is 9.74. The van der Waals surface area contributed by atoms with Gasteiger partial charge in [-0.2, -0.15) is 0 Å². The Hall–Kier alpha value is -3.93. The van der Waals surface area contributed by atoms with Crippen LogP contribution in [0.5, 0.6) is 5.75 Å². The highest BCUT2D eigenvalue weighted by Gasteiger charge is 2.47. The molecular weight excluding hydrogens is 445 g/mol. The van der Waals surface area contributed by atoms with Crippen molar-refractivity contribution in [3.63, 3.8) is 0 Å². The Kier molecular flexibility index (Phi) is 6.74. The van der Waals surface area contributed by atoms with Crippen LogP contribution in [0.2, 0.25) is 0 Å². The highest BCUT2D eigenvalue weighted by molar-refractivity contribution is 6.51. The Labute approximate surface area is 204 Å². The average Bonchev–Trinajstić information content (AvgIpc) is 3.08. The Morgan fingerprint density at radius 2 is 1.74 bits per heavy atom. The molecule has 35 heavy (non-hydrogen) atoms. The molecule has 0 saturated carbocycles. The number of amides is 1. The third-order valence-electron chi connectivity index (χ3n) is 5.93. The van der Waals surface area contributed by atoms with E-state index in [1.165, 1.54) is 29.2 Å². The standard InChI is InChI=1S/C29H28FNO4/c1-17(2)16-35-24-13-8-21(15-19(24)4)27(32)25-26(20-7-5-6-18(3)14-20)31(29(34)28(25)33)23-11-9-22(30)10-12-23/h5-15,17,26,32H,16H2,1-4H3/b27-25-. The largest absolute Gasteiger partial charge is 0.507 e. The first-order valence-corrected chi connectivity index (χ1v) is 11.5. The van der Waals surface area contributed by atoms with Crippen molar-refractivity contribution in [3.8, 4) is 5.75 Å². The number of hydrogen-bond acceptors (Lipinski definition) is 4. The summed E-state index contributed by atoms with van der Waals surface area (Å²) in [6.07, 6.45) is 0. The first-order chi connectivity index (χ1) is 16.7. The van der Waals surface area contributed by atoms with Crippen LogP contribution in [-0.2, 0) is 9.59 Å². The molecule has 1 heterocycles. The minimum Gasteiger partial charge on any atom is -0.507 e. The van der Waals surface area contributed by atoms with Gasteiger partial charge in [0.15, 0.2) is 0 Å². The number of carbonyl (C=O) groups excluding carboxylic acids is 2. The van der Waals surface area contributed by atoms with Gasteiger partial charge in [0.2, 0.25) is 0 Å². The van der Waals surface area contributed by atoms with Gasteiger partial charge < -0.3 is 9.84 Å². The van der Waals surface area contributed by atoms with Crippen LogP contribution in [0, 0.1) is 25.6 Å². The number of aryl methyl sites for hydroxylation is 2. The molecule has 180 valence electrons. The lowest BCUT2D eigenvalue weighted by molar-refractivity contribution is -0.132. The van der Waals surface area contributed by atoms with Crippen molar-refractivity contribution in [2.24, 2.45) is 5.92 Å². The van der Waals surface area contributed by atoms with E-state index in [-0.39, 0.29) is 11.3 Å². The van der Waals surface area contributed by atoms with E-state index in [9.17, 15) is 19.1 Å². The second-order valence-corrected chi connectivity index (χ2v) is 9.24. The predicted octanol–water partition coefficient (Wildman–Crippen LogP) is 6.10. The van der Waals surface area contributed by atoms with Crippen LogP contribution in [0.1, 0.15) is 42.1 Å². The van der Waals surface area contributed by atoms with Crippen LogP contribution < -0.4 is 9.64 Å². The maximum atomic E-state index is 13.6. The summed E-state index contributed by atoms with van der Waals surface area (Å²) in [7, 11) is 0. The van der Waals surface area contributed by atoms with E-state index in [0.717, 1.165) is 11.1 Å². The predicted molar refractivity (Wildman–Crippen MR) is 134 cm³/mol. The molecule has 4 rings (SSSR count). The van der Waals surface area contributed by atoms with E-state index in [4.69, 9.17) is 4.74 Å². The van der Waals surface area contributed by atoms with Gasteiger partial charge in [-0.15, -0.1) is 0 Å². The van der Waals surface area contributed by atoms with E-state index in [2.05, 4.69) is 13.8 Å². The zero-order valence-corrected chi connectivity index (χ0v) is 20.2. The number of rotatable bonds is 6. The summed E-state index contributed by atoms with van der Waals surface area (Å²) >= 11 is 0. The molecule has 3 aromatic rings. The molecule has 1 unspecified atom stereocenters. The molecule has 1 aliphatic rings. The minimum absolute atomic E-state index is 0.0137. The molecule has 1 saturated heterocycles.